The monoisotopic (exact) mass is 446 g/mol. The Hall–Kier alpha value is -3.57. The third kappa shape index (κ3) is 4.53. The molecule has 6 heteroatoms. The van der Waals surface area contributed by atoms with Gasteiger partial charge >= 0.3 is 0 Å². The summed E-state index contributed by atoms with van der Waals surface area (Å²) in [5.41, 5.74) is 3.81. The molecule has 0 saturated heterocycles. The Bertz CT molecular complexity index is 1270. The second kappa shape index (κ2) is 9.71. The van der Waals surface area contributed by atoms with E-state index < -0.39 is 0 Å². The third-order valence-corrected chi connectivity index (χ3v) is 5.59. The summed E-state index contributed by atoms with van der Waals surface area (Å²) in [4.78, 5) is 17.8. The molecule has 0 unspecified atom stereocenters. The molecule has 5 nitrogen and oxygen atoms in total. The lowest BCUT2D eigenvalue weighted by molar-refractivity contribution is 0.0955. The number of rotatable bonds is 7. The zero-order valence-electron chi connectivity index (χ0n) is 17.9. The van der Waals surface area contributed by atoms with Gasteiger partial charge in [0.05, 0.1) is 31.0 Å². The summed E-state index contributed by atoms with van der Waals surface area (Å²) in [6.45, 7) is 0.479. The Morgan fingerprint density at radius 1 is 0.938 bits per heavy atom. The van der Waals surface area contributed by atoms with Crippen molar-refractivity contribution >= 4 is 28.4 Å². The first-order valence-electron chi connectivity index (χ1n) is 10.2. The van der Waals surface area contributed by atoms with E-state index in [1.807, 2.05) is 66.7 Å². The topological polar surface area (TPSA) is 60.5 Å². The molecular formula is C26H23ClN2O3. The molecule has 0 saturated carbocycles. The van der Waals surface area contributed by atoms with Gasteiger partial charge in [-0.3, -0.25) is 4.79 Å². The molecule has 0 radical (unpaired) electrons. The van der Waals surface area contributed by atoms with Crippen LogP contribution in [-0.4, -0.2) is 31.7 Å². The van der Waals surface area contributed by atoms with Crippen LogP contribution in [-0.2, 0) is 6.42 Å². The molecule has 162 valence electrons. The van der Waals surface area contributed by atoms with Crippen LogP contribution >= 0.6 is 11.6 Å². The summed E-state index contributed by atoms with van der Waals surface area (Å²) in [6.07, 6.45) is 0.659. The van der Waals surface area contributed by atoms with Gasteiger partial charge in [-0.1, -0.05) is 54.1 Å². The number of methoxy groups -OCH3 is 2. The van der Waals surface area contributed by atoms with E-state index in [0.717, 1.165) is 22.0 Å². The quantitative estimate of drug-likeness (QED) is 0.404. The van der Waals surface area contributed by atoms with Crippen molar-refractivity contribution in [1.29, 1.82) is 0 Å². The van der Waals surface area contributed by atoms with Gasteiger partial charge < -0.3 is 14.8 Å². The molecule has 0 bridgehead atoms. The molecule has 1 amide bonds. The molecule has 3 aromatic carbocycles. The normalized spacial score (nSPS) is 10.7. The maximum absolute atomic E-state index is 13.1. The number of nitrogens with zero attached hydrogens (tertiary/aromatic N) is 1. The number of carbonyl (C=O) groups excluding carboxylic acids is 1. The van der Waals surface area contributed by atoms with Crippen LogP contribution in [0.5, 0.6) is 11.5 Å². The minimum Gasteiger partial charge on any atom is -0.493 e. The second-order valence-electron chi connectivity index (χ2n) is 7.25. The molecule has 0 spiro atoms. The smallest absolute Gasteiger partial charge is 0.252 e. The van der Waals surface area contributed by atoms with E-state index in [-0.39, 0.29) is 5.91 Å². The third-order valence-electron chi connectivity index (χ3n) is 5.26. The van der Waals surface area contributed by atoms with E-state index in [4.69, 9.17) is 26.1 Å². The first-order chi connectivity index (χ1) is 15.6. The van der Waals surface area contributed by atoms with Crippen molar-refractivity contribution in [3.05, 3.63) is 88.9 Å². The number of halogens is 1. The number of para-hydroxylation sites is 1. The fourth-order valence-electron chi connectivity index (χ4n) is 3.62. The predicted molar refractivity (Wildman–Crippen MR) is 128 cm³/mol. The number of hydrogen-bond donors (Lipinski definition) is 1. The van der Waals surface area contributed by atoms with E-state index in [1.54, 1.807) is 20.3 Å². The Balaban J connectivity index is 1.57. The summed E-state index contributed by atoms with van der Waals surface area (Å²) in [6, 6.07) is 22.7. The van der Waals surface area contributed by atoms with Gasteiger partial charge in [-0.05, 0) is 42.3 Å². The highest BCUT2D eigenvalue weighted by Crippen LogP contribution is 2.30. The van der Waals surface area contributed by atoms with Gasteiger partial charge in [0.1, 0.15) is 0 Å². The SMILES string of the molecule is COc1ccc(CCNC(=O)c2cc(-c3ccccc3Cl)nc3ccccc23)cc1OC. The van der Waals surface area contributed by atoms with Gasteiger partial charge in [0.25, 0.3) is 5.91 Å². The number of ether oxygens (including phenoxy) is 2. The Morgan fingerprint density at radius 3 is 2.47 bits per heavy atom. The van der Waals surface area contributed by atoms with Crippen LogP contribution in [0.4, 0.5) is 0 Å². The van der Waals surface area contributed by atoms with Gasteiger partial charge in [0, 0.05) is 22.5 Å². The summed E-state index contributed by atoms with van der Waals surface area (Å²) in [5.74, 6) is 1.19. The van der Waals surface area contributed by atoms with Crippen molar-refractivity contribution in [1.82, 2.24) is 10.3 Å². The standard InChI is InChI=1S/C26H23ClN2O3/c1-31-24-12-11-17(15-25(24)32-2)13-14-28-26(30)20-16-23(19-8-3-5-9-21(19)27)29-22-10-6-4-7-18(20)22/h3-12,15-16H,13-14H2,1-2H3,(H,28,30). The molecule has 0 fully saturated rings. The highest BCUT2D eigenvalue weighted by molar-refractivity contribution is 6.33. The average Bonchev–Trinajstić information content (AvgIpc) is 2.83. The van der Waals surface area contributed by atoms with Crippen molar-refractivity contribution in [3.63, 3.8) is 0 Å². The molecule has 4 rings (SSSR count). The second-order valence-corrected chi connectivity index (χ2v) is 7.65. The van der Waals surface area contributed by atoms with Crippen LogP contribution in [0.25, 0.3) is 22.2 Å². The van der Waals surface area contributed by atoms with E-state index >= 15 is 0 Å². The minimum atomic E-state index is -0.155. The highest BCUT2D eigenvalue weighted by atomic mass is 35.5. The number of nitrogens with one attached hydrogen (secondary N) is 1. The van der Waals surface area contributed by atoms with E-state index in [2.05, 4.69) is 5.32 Å². The Kier molecular flexibility index (Phi) is 6.57. The van der Waals surface area contributed by atoms with Crippen molar-refractivity contribution in [2.45, 2.75) is 6.42 Å². The summed E-state index contributed by atoms with van der Waals surface area (Å²) in [5, 5.41) is 4.42. The maximum atomic E-state index is 13.1. The molecule has 1 heterocycles. The van der Waals surface area contributed by atoms with Crippen molar-refractivity contribution in [3.8, 4) is 22.8 Å². The maximum Gasteiger partial charge on any atom is 0.252 e. The molecule has 0 aliphatic carbocycles. The van der Waals surface area contributed by atoms with Crippen molar-refractivity contribution in [2.24, 2.45) is 0 Å². The van der Waals surface area contributed by atoms with Crippen LogP contribution in [0.15, 0.2) is 72.8 Å². The summed E-state index contributed by atoms with van der Waals surface area (Å²) in [7, 11) is 3.21. The minimum absolute atomic E-state index is 0.155. The first kappa shape index (κ1) is 21.7. The Morgan fingerprint density at radius 2 is 1.69 bits per heavy atom. The van der Waals surface area contributed by atoms with Crippen molar-refractivity contribution in [2.75, 3.05) is 20.8 Å². The number of benzene rings is 3. The highest BCUT2D eigenvalue weighted by Gasteiger charge is 2.15. The van der Waals surface area contributed by atoms with Crippen LogP contribution in [0.1, 0.15) is 15.9 Å². The summed E-state index contributed by atoms with van der Waals surface area (Å²) < 4.78 is 10.6. The largest absolute Gasteiger partial charge is 0.493 e. The average molecular weight is 447 g/mol. The van der Waals surface area contributed by atoms with Gasteiger partial charge in [-0.2, -0.15) is 0 Å². The molecule has 1 N–H and O–H groups in total. The van der Waals surface area contributed by atoms with Crippen molar-refractivity contribution < 1.29 is 14.3 Å². The lowest BCUT2D eigenvalue weighted by atomic mass is 10.0. The molecule has 0 aliphatic heterocycles. The number of hydrogen-bond acceptors (Lipinski definition) is 4. The van der Waals surface area contributed by atoms with Gasteiger partial charge in [0.15, 0.2) is 11.5 Å². The zero-order chi connectivity index (χ0) is 22.5. The van der Waals surface area contributed by atoms with Crippen LogP contribution in [0.2, 0.25) is 5.02 Å². The van der Waals surface area contributed by atoms with Crippen LogP contribution < -0.4 is 14.8 Å². The molecule has 4 aromatic rings. The number of carbonyl (C=O) groups is 1. The van der Waals surface area contributed by atoms with Crippen LogP contribution in [0.3, 0.4) is 0 Å². The number of aromatic nitrogens is 1. The number of fused-ring (bicyclic) bond motifs is 1. The van der Waals surface area contributed by atoms with Crippen LogP contribution in [0, 0.1) is 0 Å². The zero-order valence-corrected chi connectivity index (χ0v) is 18.6. The van der Waals surface area contributed by atoms with Gasteiger partial charge in [-0.15, -0.1) is 0 Å². The fraction of sp³-hybridized carbons (Fsp3) is 0.154. The molecule has 0 atom stereocenters. The van der Waals surface area contributed by atoms with E-state index in [0.29, 0.717) is 40.7 Å². The molecule has 0 aliphatic rings. The number of pyridine rings is 1. The lowest BCUT2D eigenvalue weighted by Gasteiger charge is -2.12. The fourth-order valence-corrected chi connectivity index (χ4v) is 3.85. The van der Waals surface area contributed by atoms with E-state index in [1.165, 1.54) is 0 Å². The molecule has 1 aromatic heterocycles. The molecular weight excluding hydrogens is 424 g/mol. The first-order valence-corrected chi connectivity index (χ1v) is 10.6. The van der Waals surface area contributed by atoms with Gasteiger partial charge in [0.2, 0.25) is 0 Å². The number of amides is 1. The predicted octanol–water partition coefficient (Wildman–Crippen LogP) is 5.54. The molecule has 32 heavy (non-hydrogen) atoms. The summed E-state index contributed by atoms with van der Waals surface area (Å²) >= 11 is 6.38. The van der Waals surface area contributed by atoms with E-state index in [9.17, 15) is 4.79 Å². The Labute approximate surface area is 192 Å². The lowest BCUT2D eigenvalue weighted by Crippen LogP contribution is -2.26. The van der Waals surface area contributed by atoms with Gasteiger partial charge in [-0.25, -0.2) is 4.98 Å².